The van der Waals surface area contributed by atoms with Crippen molar-refractivity contribution in [2.75, 3.05) is 0 Å². The summed E-state index contributed by atoms with van der Waals surface area (Å²) in [5, 5.41) is 9.02. The van der Waals surface area contributed by atoms with E-state index in [-0.39, 0.29) is 0 Å². The predicted octanol–water partition coefficient (Wildman–Crippen LogP) is 3.92. The fraction of sp³-hybridized carbons (Fsp3) is 0.941. The lowest BCUT2D eigenvalue weighted by Crippen LogP contribution is -2.49. The topological polar surface area (TPSA) is 40.5 Å². The number of carboxylic acids is 1. The molecule has 0 radical (unpaired) electrons. The molecule has 0 amide bonds. The molecule has 0 aromatic heterocycles. The van der Waals surface area contributed by atoms with E-state index in [4.69, 9.17) is 5.11 Å². The number of aliphatic carboxylic acids is 1. The maximum Gasteiger partial charge on any atom is 0.303 e. The van der Waals surface area contributed by atoms with Crippen molar-refractivity contribution in [1.82, 2.24) is 4.90 Å². The molecule has 2 fully saturated rings. The van der Waals surface area contributed by atoms with Crippen molar-refractivity contribution in [2.45, 2.75) is 90.3 Å². The molecule has 1 N–H and O–H groups in total. The van der Waals surface area contributed by atoms with E-state index in [1.54, 1.807) is 0 Å². The minimum atomic E-state index is -0.616. The van der Waals surface area contributed by atoms with Gasteiger partial charge in [-0.05, 0) is 50.4 Å². The van der Waals surface area contributed by atoms with Gasteiger partial charge in [0.15, 0.2) is 0 Å². The summed E-state index contributed by atoms with van der Waals surface area (Å²) >= 11 is 0. The molecular formula is C17H31NO2. The molecule has 0 spiro atoms. The molecular weight excluding hydrogens is 250 g/mol. The number of hydrogen-bond acceptors (Lipinski definition) is 2. The van der Waals surface area contributed by atoms with Crippen molar-refractivity contribution < 1.29 is 9.90 Å². The Labute approximate surface area is 123 Å². The van der Waals surface area contributed by atoms with Crippen molar-refractivity contribution in [3.8, 4) is 0 Å². The fourth-order valence-electron chi connectivity index (χ4n) is 4.47. The summed E-state index contributed by atoms with van der Waals surface area (Å²) in [5.74, 6) is 0.605. The monoisotopic (exact) mass is 281 g/mol. The van der Waals surface area contributed by atoms with Crippen LogP contribution in [0.25, 0.3) is 0 Å². The number of hydrogen-bond donors (Lipinski definition) is 1. The lowest BCUT2D eigenvalue weighted by Gasteiger charge is -2.44. The molecule has 0 aromatic rings. The molecule has 0 aliphatic carbocycles. The van der Waals surface area contributed by atoms with Crippen LogP contribution in [-0.4, -0.2) is 34.1 Å². The Balaban J connectivity index is 1.98. The fourth-order valence-corrected chi connectivity index (χ4v) is 4.47. The lowest BCUT2D eigenvalue weighted by molar-refractivity contribution is -0.138. The first kappa shape index (κ1) is 15.8. The molecule has 116 valence electrons. The van der Waals surface area contributed by atoms with Crippen LogP contribution in [0.2, 0.25) is 0 Å². The van der Waals surface area contributed by atoms with Gasteiger partial charge in [-0.1, -0.05) is 27.2 Å². The summed E-state index contributed by atoms with van der Waals surface area (Å²) in [5.41, 5.74) is 0. The number of carbonyl (C=O) groups is 1. The molecule has 4 atom stereocenters. The minimum Gasteiger partial charge on any atom is -0.481 e. The van der Waals surface area contributed by atoms with E-state index in [0.29, 0.717) is 30.5 Å². The summed E-state index contributed by atoms with van der Waals surface area (Å²) in [6, 6.07) is 2.03. The molecule has 2 aliphatic heterocycles. The number of nitrogens with zero attached hydrogens (tertiary/aromatic N) is 1. The smallest absolute Gasteiger partial charge is 0.303 e. The third-order valence-corrected chi connectivity index (χ3v) is 5.61. The van der Waals surface area contributed by atoms with Gasteiger partial charge in [-0.2, -0.15) is 0 Å². The Bertz CT molecular complexity index is 317. The van der Waals surface area contributed by atoms with Crippen molar-refractivity contribution >= 4 is 5.97 Å². The van der Waals surface area contributed by atoms with Crippen LogP contribution < -0.4 is 0 Å². The molecule has 2 saturated heterocycles. The maximum atomic E-state index is 10.9. The maximum absolute atomic E-state index is 10.9. The second-order valence-electron chi connectivity index (χ2n) is 7.08. The number of fused-ring (bicyclic) bond motifs is 2. The van der Waals surface area contributed by atoms with Gasteiger partial charge >= 0.3 is 5.97 Å². The highest BCUT2D eigenvalue weighted by Crippen LogP contribution is 2.42. The quantitative estimate of drug-likeness (QED) is 0.769. The van der Waals surface area contributed by atoms with E-state index in [1.807, 2.05) is 0 Å². The first-order valence-corrected chi connectivity index (χ1v) is 8.54. The summed E-state index contributed by atoms with van der Waals surface area (Å²) < 4.78 is 0. The summed E-state index contributed by atoms with van der Waals surface area (Å²) in [4.78, 5) is 13.7. The SMILES string of the molecule is CCC(C)CC(CC)N1C2CCC1CC(CC(=O)O)C2. The van der Waals surface area contributed by atoms with Gasteiger partial charge in [0.1, 0.15) is 0 Å². The first-order valence-electron chi connectivity index (χ1n) is 8.54. The zero-order chi connectivity index (χ0) is 14.7. The lowest BCUT2D eigenvalue weighted by atomic mass is 9.85. The molecule has 0 aromatic carbocycles. The van der Waals surface area contributed by atoms with Crippen LogP contribution in [0.3, 0.4) is 0 Å². The first-order chi connectivity index (χ1) is 9.55. The Morgan fingerprint density at radius 3 is 2.25 bits per heavy atom. The van der Waals surface area contributed by atoms with Crippen molar-refractivity contribution in [2.24, 2.45) is 11.8 Å². The van der Waals surface area contributed by atoms with Crippen LogP contribution in [0.1, 0.15) is 72.1 Å². The largest absolute Gasteiger partial charge is 0.481 e. The van der Waals surface area contributed by atoms with E-state index < -0.39 is 5.97 Å². The van der Waals surface area contributed by atoms with Crippen molar-refractivity contribution in [3.05, 3.63) is 0 Å². The Morgan fingerprint density at radius 2 is 1.80 bits per heavy atom. The highest BCUT2D eigenvalue weighted by Gasteiger charge is 2.43. The Hall–Kier alpha value is -0.570. The molecule has 2 aliphatic rings. The summed E-state index contributed by atoms with van der Waals surface area (Å²) in [7, 11) is 0. The standard InChI is InChI=1S/C17H31NO2/c1-4-12(3)8-14(5-2)18-15-6-7-16(18)10-13(9-15)11-17(19)20/h12-16H,4-11H2,1-3H3,(H,19,20). The van der Waals surface area contributed by atoms with Crippen molar-refractivity contribution in [1.29, 1.82) is 0 Å². The summed E-state index contributed by atoms with van der Waals surface area (Å²) in [6.07, 6.45) is 8.99. The van der Waals surface area contributed by atoms with Gasteiger partial charge in [-0.3, -0.25) is 9.69 Å². The van der Waals surface area contributed by atoms with E-state index in [9.17, 15) is 4.79 Å². The van der Waals surface area contributed by atoms with Gasteiger partial charge in [0.05, 0.1) is 0 Å². The van der Waals surface area contributed by atoms with Gasteiger partial charge in [-0.25, -0.2) is 0 Å². The van der Waals surface area contributed by atoms with E-state index >= 15 is 0 Å². The minimum absolute atomic E-state index is 0.378. The molecule has 2 rings (SSSR count). The molecule has 4 unspecified atom stereocenters. The van der Waals surface area contributed by atoms with Gasteiger partial charge in [0.2, 0.25) is 0 Å². The highest BCUT2D eigenvalue weighted by atomic mass is 16.4. The van der Waals surface area contributed by atoms with Gasteiger partial charge in [-0.15, -0.1) is 0 Å². The molecule has 0 saturated carbocycles. The molecule has 2 bridgehead atoms. The average molecular weight is 281 g/mol. The van der Waals surface area contributed by atoms with E-state index in [1.165, 1.54) is 32.1 Å². The molecule has 3 nitrogen and oxygen atoms in total. The zero-order valence-electron chi connectivity index (χ0n) is 13.3. The molecule has 3 heteroatoms. The average Bonchev–Trinajstić information content (AvgIpc) is 2.66. The third kappa shape index (κ3) is 3.55. The highest BCUT2D eigenvalue weighted by molar-refractivity contribution is 5.67. The van der Waals surface area contributed by atoms with Gasteiger partial charge in [0.25, 0.3) is 0 Å². The molecule has 2 heterocycles. The predicted molar refractivity (Wildman–Crippen MR) is 81.8 cm³/mol. The van der Waals surface area contributed by atoms with Crippen LogP contribution >= 0.6 is 0 Å². The van der Waals surface area contributed by atoms with Crippen LogP contribution in [0.5, 0.6) is 0 Å². The second-order valence-corrected chi connectivity index (χ2v) is 7.08. The second kappa shape index (κ2) is 6.93. The van der Waals surface area contributed by atoms with Crippen LogP contribution in [0, 0.1) is 11.8 Å². The normalized spacial score (nSPS) is 33.0. The van der Waals surface area contributed by atoms with Crippen LogP contribution in [0.15, 0.2) is 0 Å². The summed E-state index contributed by atoms with van der Waals surface area (Å²) in [6.45, 7) is 6.96. The van der Waals surface area contributed by atoms with Crippen LogP contribution in [0.4, 0.5) is 0 Å². The number of rotatable bonds is 7. The Kier molecular flexibility index (Phi) is 5.48. The van der Waals surface area contributed by atoms with Gasteiger partial charge < -0.3 is 5.11 Å². The van der Waals surface area contributed by atoms with Gasteiger partial charge in [0, 0.05) is 24.5 Å². The van der Waals surface area contributed by atoms with E-state index in [2.05, 4.69) is 25.7 Å². The van der Waals surface area contributed by atoms with Crippen LogP contribution in [-0.2, 0) is 4.79 Å². The van der Waals surface area contributed by atoms with E-state index in [0.717, 1.165) is 18.8 Å². The Morgan fingerprint density at radius 1 is 1.20 bits per heavy atom. The van der Waals surface area contributed by atoms with Crippen molar-refractivity contribution in [3.63, 3.8) is 0 Å². The number of carboxylic acid groups (broad SMARTS) is 1. The number of piperidine rings is 1. The third-order valence-electron chi connectivity index (χ3n) is 5.61. The zero-order valence-corrected chi connectivity index (χ0v) is 13.3. The molecule has 20 heavy (non-hydrogen) atoms.